The fourth-order valence-corrected chi connectivity index (χ4v) is 2.27. The monoisotopic (exact) mass is 446 g/mol. The van der Waals surface area contributed by atoms with Gasteiger partial charge in [-0.3, -0.25) is 9.69 Å². The van der Waals surface area contributed by atoms with Gasteiger partial charge < -0.3 is 10.1 Å². The van der Waals surface area contributed by atoms with Crippen LogP contribution in [0, 0.1) is 9.39 Å². The van der Waals surface area contributed by atoms with Crippen molar-refractivity contribution in [3.63, 3.8) is 0 Å². The molecule has 1 aliphatic heterocycles. The van der Waals surface area contributed by atoms with E-state index < -0.39 is 28.8 Å². The number of nitrogens with one attached hydrogen (secondary N) is 1. The second kappa shape index (κ2) is 6.97. The predicted octanol–water partition coefficient (Wildman–Crippen LogP) is 2.68. The molecular formula is C12H10Cl2FIN2O3. The lowest BCUT2D eigenvalue weighted by Gasteiger charge is -2.13. The van der Waals surface area contributed by atoms with E-state index in [0.29, 0.717) is 9.26 Å². The molecule has 0 spiro atoms. The van der Waals surface area contributed by atoms with Crippen LogP contribution in [0.15, 0.2) is 18.2 Å². The van der Waals surface area contributed by atoms with Crippen molar-refractivity contribution >= 4 is 63.5 Å². The maximum Gasteiger partial charge on any atom is 0.414 e. The molecule has 9 heteroatoms. The standard InChI is InChI=1S/C12H10Cl2FIN2O3/c13-10(14)11(19)17-4-7-5-18(12(20)21-7)6-1-2-9(16)8(15)3-6/h1-3,7,10H,4-5H2,(H,17,19)/t7-/m0/s1. The summed E-state index contributed by atoms with van der Waals surface area (Å²) in [6, 6.07) is 4.46. The molecule has 1 aromatic carbocycles. The van der Waals surface area contributed by atoms with Gasteiger partial charge in [-0.25, -0.2) is 9.18 Å². The lowest BCUT2D eigenvalue weighted by Crippen LogP contribution is -2.37. The van der Waals surface area contributed by atoms with Crippen molar-refractivity contribution in [2.24, 2.45) is 0 Å². The minimum Gasteiger partial charge on any atom is -0.442 e. The maximum atomic E-state index is 13.5. The van der Waals surface area contributed by atoms with Crippen LogP contribution in [0.4, 0.5) is 14.9 Å². The van der Waals surface area contributed by atoms with E-state index in [-0.39, 0.29) is 13.1 Å². The number of cyclic esters (lactones) is 1. The number of hydrogen-bond acceptors (Lipinski definition) is 3. The zero-order valence-corrected chi connectivity index (χ0v) is 14.2. The normalized spacial score (nSPS) is 18.0. The smallest absolute Gasteiger partial charge is 0.414 e. The summed E-state index contributed by atoms with van der Waals surface area (Å²) in [7, 11) is 0. The topological polar surface area (TPSA) is 58.6 Å². The van der Waals surface area contributed by atoms with Gasteiger partial charge >= 0.3 is 6.09 Å². The number of amides is 2. The van der Waals surface area contributed by atoms with Crippen molar-refractivity contribution < 1.29 is 18.7 Å². The molecule has 2 amide bonds. The van der Waals surface area contributed by atoms with Crippen LogP contribution in [0.3, 0.4) is 0 Å². The first-order valence-corrected chi connectivity index (χ1v) is 7.82. The third-order valence-electron chi connectivity index (χ3n) is 2.79. The van der Waals surface area contributed by atoms with Crippen LogP contribution in [0.1, 0.15) is 0 Å². The van der Waals surface area contributed by atoms with E-state index in [1.54, 1.807) is 12.1 Å². The molecule has 1 atom stereocenters. The van der Waals surface area contributed by atoms with Gasteiger partial charge in [-0.1, -0.05) is 23.2 Å². The Balaban J connectivity index is 1.99. The Morgan fingerprint density at radius 1 is 1.57 bits per heavy atom. The fourth-order valence-electron chi connectivity index (χ4n) is 1.78. The molecule has 0 aromatic heterocycles. The summed E-state index contributed by atoms with van der Waals surface area (Å²) in [5, 5.41) is 2.46. The van der Waals surface area contributed by atoms with Gasteiger partial charge in [0.15, 0.2) is 4.84 Å². The Bertz CT molecular complexity index is 573. The largest absolute Gasteiger partial charge is 0.442 e. The number of anilines is 1. The maximum absolute atomic E-state index is 13.5. The lowest BCUT2D eigenvalue weighted by atomic mass is 10.2. The Labute approximate surface area is 143 Å². The molecule has 1 N–H and O–H groups in total. The lowest BCUT2D eigenvalue weighted by molar-refractivity contribution is -0.119. The van der Waals surface area contributed by atoms with Crippen molar-refractivity contribution in [3.05, 3.63) is 27.6 Å². The van der Waals surface area contributed by atoms with E-state index in [0.717, 1.165) is 0 Å². The second-order valence-corrected chi connectivity index (χ2v) is 6.52. The minimum atomic E-state index is -1.18. The van der Waals surface area contributed by atoms with Gasteiger partial charge in [0.2, 0.25) is 0 Å². The van der Waals surface area contributed by atoms with E-state index in [1.807, 2.05) is 22.6 Å². The molecule has 1 fully saturated rings. The van der Waals surface area contributed by atoms with Crippen LogP contribution >= 0.6 is 45.8 Å². The van der Waals surface area contributed by atoms with Crippen molar-refractivity contribution in [2.45, 2.75) is 10.9 Å². The number of carbonyl (C=O) groups excluding carboxylic acids is 2. The quantitative estimate of drug-likeness (QED) is 0.571. The number of nitrogens with zero attached hydrogens (tertiary/aromatic N) is 1. The van der Waals surface area contributed by atoms with Gasteiger partial charge in [-0.2, -0.15) is 0 Å². The first-order valence-electron chi connectivity index (χ1n) is 5.87. The number of ether oxygens (including phenoxy) is 1. The average molecular weight is 447 g/mol. The molecule has 0 bridgehead atoms. The van der Waals surface area contributed by atoms with Crippen LogP contribution in [0.25, 0.3) is 0 Å². The first kappa shape index (κ1) is 16.6. The first-order chi connectivity index (χ1) is 9.88. The molecule has 21 heavy (non-hydrogen) atoms. The highest BCUT2D eigenvalue weighted by atomic mass is 127. The second-order valence-electron chi connectivity index (χ2n) is 4.26. The number of benzene rings is 1. The van der Waals surface area contributed by atoms with Crippen LogP contribution in [0.2, 0.25) is 0 Å². The third kappa shape index (κ3) is 4.10. The van der Waals surface area contributed by atoms with E-state index in [2.05, 4.69) is 5.32 Å². The summed E-state index contributed by atoms with van der Waals surface area (Å²) in [4.78, 5) is 23.1. The van der Waals surface area contributed by atoms with Crippen LogP contribution in [0.5, 0.6) is 0 Å². The molecule has 5 nitrogen and oxygen atoms in total. The van der Waals surface area contributed by atoms with Crippen molar-refractivity contribution in [3.8, 4) is 0 Å². The number of rotatable bonds is 4. The predicted molar refractivity (Wildman–Crippen MR) is 85.2 cm³/mol. The molecular weight excluding hydrogens is 437 g/mol. The molecule has 0 unspecified atom stereocenters. The Morgan fingerprint density at radius 3 is 2.90 bits per heavy atom. The molecule has 0 saturated carbocycles. The highest BCUT2D eigenvalue weighted by Crippen LogP contribution is 2.24. The Kier molecular flexibility index (Phi) is 5.50. The molecule has 0 aliphatic carbocycles. The van der Waals surface area contributed by atoms with Gasteiger partial charge in [0.1, 0.15) is 11.9 Å². The number of alkyl halides is 2. The van der Waals surface area contributed by atoms with Gasteiger partial charge in [-0.05, 0) is 40.8 Å². The highest BCUT2D eigenvalue weighted by Gasteiger charge is 2.33. The summed E-state index contributed by atoms with van der Waals surface area (Å²) in [6.45, 7) is 0.290. The van der Waals surface area contributed by atoms with E-state index in [9.17, 15) is 14.0 Å². The van der Waals surface area contributed by atoms with Crippen LogP contribution < -0.4 is 10.2 Å². The number of halogens is 4. The molecule has 2 rings (SSSR count). The van der Waals surface area contributed by atoms with Crippen LogP contribution in [-0.2, 0) is 9.53 Å². The fraction of sp³-hybridized carbons (Fsp3) is 0.333. The SMILES string of the molecule is O=C(NC[C@H]1CN(c2ccc(I)c(F)c2)C(=O)O1)C(Cl)Cl. The van der Waals surface area contributed by atoms with E-state index in [4.69, 9.17) is 27.9 Å². The summed E-state index contributed by atoms with van der Waals surface area (Å²) in [6.07, 6.45) is -1.14. The van der Waals surface area contributed by atoms with Crippen molar-refractivity contribution in [2.75, 3.05) is 18.0 Å². The molecule has 0 radical (unpaired) electrons. The summed E-state index contributed by atoms with van der Waals surface area (Å²) in [5.74, 6) is -0.974. The summed E-state index contributed by atoms with van der Waals surface area (Å²) in [5.41, 5.74) is 0.402. The van der Waals surface area contributed by atoms with Gasteiger partial charge in [0.05, 0.1) is 18.8 Å². The van der Waals surface area contributed by atoms with E-state index >= 15 is 0 Å². The zero-order valence-electron chi connectivity index (χ0n) is 10.5. The van der Waals surface area contributed by atoms with Crippen LogP contribution in [-0.4, -0.2) is 36.0 Å². The molecule has 1 aliphatic rings. The van der Waals surface area contributed by atoms with E-state index in [1.165, 1.54) is 11.0 Å². The summed E-state index contributed by atoms with van der Waals surface area (Å²) >= 11 is 12.6. The third-order valence-corrected chi connectivity index (χ3v) is 4.06. The van der Waals surface area contributed by atoms with Crippen molar-refractivity contribution in [1.29, 1.82) is 0 Å². The molecule has 114 valence electrons. The van der Waals surface area contributed by atoms with Gasteiger partial charge in [0.25, 0.3) is 5.91 Å². The average Bonchev–Trinajstić information content (AvgIpc) is 2.80. The van der Waals surface area contributed by atoms with Crippen molar-refractivity contribution in [1.82, 2.24) is 5.32 Å². The molecule has 1 saturated heterocycles. The zero-order chi connectivity index (χ0) is 15.6. The Morgan fingerprint density at radius 2 is 2.29 bits per heavy atom. The highest BCUT2D eigenvalue weighted by molar-refractivity contribution is 14.1. The van der Waals surface area contributed by atoms with Gasteiger partial charge in [0, 0.05) is 3.57 Å². The number of hydrogen-bond donors (Lipinski definition) is 1. The summed E-state index contributed by atoms with van der Waals surface area (Å²) < 4.78 is 19.1. The molecule has 1 heterocycles. The molecule has 1 aromatic rings. The Hall–Kier alpha value is -0.800. The minimum absolute atomic E-state index is 0.0872. The number of carbonyl (C=O) groups is 2. The van der Waals surface area contributed by atoms with Gasteiger partial charge in [-0.15, -0.1) is 0 Å².